The molecule has 0 spiro atoms. The average Bonchev–Trinajstić information content (AvgIpc) is 2.31. The molecule has 0 fully saturated rings. The second-order valence-electron chi connectivity index (χ2n) is 3.54. The zero-order chi connectivity index (χ0) is 11.4. The summed E-state index contributed by atoms with van der Waals surface area (Å²) < 4.78 is 0. The van der Waals surface area contributed by atoms with Crippen LogP contribution < -0.4 is 5.32 Å². The summed E-state index contributed by atoms with van der Waals surface area (Å²) in [4.78, 5) is 15.8. The molecule has 1 amide bonds. The SMILES string of the molecule is Cc1ccc(C(=O)Nc2ccccn2)cc1. The third kappa shape index (κ3) is 2.45. The maximum atomic E-state index is 11.8. The van der Waals surface area contributed by atoms with Crippen LogP contribution >= 0.6 is 0 Å². The van der Waals surface area contributed by atoms with E-state index in [0.717, 1.165) is 5.56 Å². The topological polar surface area (TPSA) is 42.0 Å². The summed E-state index contributed by atoms with van der Waals surface area (Å²) in [6, 6.07) is 12.8. The van der Waals surface area contributed by atoms with Crippen molar-refractivity contribution < 1.29 is 4.79 Å². The molecule has 16 heavy (non-hydrogen) atoms. The Hall–Kier alpha value is -2.16. The van der Waals surface area contributed by atoms with Crippen LogP contribution in [0.25, 0.3) is 0 Å². The van der Waals surface area contributed by atoms with Crippen molar-refractivity contribution in [2.75, 3.05) is 5.32 Å². The van der Waals surface area contributed by atoms with Gasteiger partial charge in [0.15, 0.2) is 0 Å². The van der Waals surface area contributed by atoms with Crippen LogP contribution in [0, 0.1) is 6.92 Å². The number of hydrogen-bond donors (Lipinski definition) is 1. The van der Waals surface area contributed by atoms with E-state index >= 15 is 0 Å². The van der Waals surface area contributed by atoms with Crippen molar-refractivity contribution >= 4 is 11.7 Å². The van der Waals surface area contributed by atoms with Crippen LogP contribution in [0.4, 0.5) is 5.82 Å². The summed E-state index contributed by atoms with van der Waals surface area (Å²) >= 11 is 0. The number of benzene rings is 1. The Bertz CT molecular complexity index is 477. The van der Waals surface area contributed by atoms with Crippen molar-refractivity contribution in [3.05, 3.63) is 59.8 Å². The summed E-state index contributed by atoms with van der Waals surface area (Å²) in [5.41, 5.74) is 1.77. The van der Waals surface area contributed by atoms with Crippen molar-refractivity contribution in [2.24, 2.45) is 0 Å². The lowest BCUT2D eigenvalue weighted by Gasteiger charge is -2.03. The molecule has 3 heteroatoms. The quantitative estimate of drug-likeness (QED) is 0.831. The molecule has 2 rings (SSSR count). The fourth-order valence-corrected chi connectivity index (χ4v) is 1.33. The first kappa shape index (κ1) is 10.4. The van der Waals surface area contributed by atoms with Gasteiger partial charge in [0, 0.05) is 11.8 Å². The molecule has 1 aromatic carbocycles. The van der Waals surface area contributed by atoms with Gasteiger partial charge >= 0.3 is 0 Å². The molecule has 80 valence electrons. The lowest BCUT2D eigenvalue weighted by atomic mass is 10.1. The Morgan fingerprint density at radius 1 is 1.12 bits per heavy atom. The monoisotopic (exact) mass is 212 g/mol. The van der Waals surface area contributed by atoms with E-state index < -0.39 is 0 Å². The summed E-state index contributed by atoms with van der Waals surface area (Å²) in [6.45, 7) is 1.99. The highest BCUT2D eigenvalue weighted by Crippen LogP contribution is 2.07. The summed E-state index contributed by atoms with van der Waals surface area (Å²) in [5, 5.41) is 2.73. The van der Waals surface area contributed by atoms with Crippen LogP contribution in [0.2, 0.25) is 0 Å². The van der Waals surface area contributed by atoms with Crippen molar-refractivity contribution in [3.63, 3.8) is 0 Å². The van der Waals surface area contributed by atoms with Crippen LogP contribution in [0.1, 0.15) is 15.9 Å². The minimum absolute atomic E-state index is 0.140. The number of carbonyl (C=O) groups is 1. The number of aryl methyl sites for hydroxylation is 1. The Balaban J connectivity index is 2.12. The van der Waals surface area contributed by atoms with Gasteiger partial charge < -0.3 is 5.32 Å². The molecule has 2 aromatic rings. The molecule has 0 saturated carbocycles. The standard InChI is InChI=1S/C13H12N2O/c1-10-5-7-11(8-6-10)13(16)15-12-4-2-3-9-14-12/h2-9H,1H3,(H,14,15,16). The van der Waals surface area contributed by atoms with E-state index in [-0.39, 0.29) is 5.91 Å². The molecule has 0 aliphatic heterocycles. The van der Waals surface area contributed by atoms with E-state index in [0.29, 0.717) is 11.4 Å². The largest absolute Gasteiger partial charge is 0.307 e. The lowest BCUT2D eigenvalue weighted by molar-refractivity contribution is 0.102. The number of nitrogens with one attached hydrogen (secondary N) is 1. The molecular formula is C13H12N2O. The highest BCUT2D eigenvalue weighted by molar-refractivity contribution is 6.03. The smallest absolute Gasteiger partial charge is 0.256 e. The first-order valence-corrected chi connectivity index (χ1v) is 5.05. The number of pyridine rings is 1. The molecule has 0 unspecified atom stereocenters. The third-order valence-corrected chi connectivity index (χ3v) is 2.22. The lowest BCUT2D eigenvalue weighted by Crippen LogP contribution is -2.12. The van der Waals surface area contributed by atoms with Crippen LogP contribution in [0.15, 0.2) is 48.7 Å². The number of hydrogen-bond acceptors (Lipinski definition) is 2. The van der Waals surface area contributed by atoms with Gasteiger partial charge in [-0.25, -0.2) is 4.98 Å². The zero-order valence-electron chi connectivity index (χ0n) is 8.97. The molecule has 0 radical (unpaired) electrons. The highest BCUT2D eigenvalue weighted by atomic mass is 16.1. The molecule has 0 aliphatic rings. The van der Waals surface area contributed by atoms with Crippen molar-refractivity contribution in [2.45, 2.75) is 6.92 Å². The molecule has 0 aliphatic carbocycles. The number of carbonyl (C=O) groups excluding carboxylic acids is 1. The maximum absolute atomic E-state index is 11.8. The first-order chi connectivity index (χ1) is 7.75. The van der Waals surface area contributed by atoms with E-state index in [4.69, 9.17) is 0 Å². The van der Waals surface area contributed by atoms with E-state index in [1.54, 1.807) is 24.4 Å². The zero-order valence-corrected chi connectivity index (χ0v) is 8.97. The number of nitrogens with zero attached hydrogens (tertiary/aromatic N) is 1. The normalized spacial score (nSPS) is 9.81. The van der Waals surface area contributed by atoms with E-state index in [9.17, 15) is 4.79 Å². The van der Waals surface area contributed by atoms with Gasteiger partial charge in [-0.3, -0.25) is 4.79 Å². The summed E-state index contributed by atoms with van der Waals surface area (Å²) in [5.74, 6) is 0.423. The van der Waals surface area contributed by atoms with Crippen molar-refractivity contribution in [3.8, 4) is 0 Å². The maximum Gasteiger partial charge on any atom is 0.256 e. The van der Waals surface area contributed by atoms with Crippen LogP contribution in [-0.4, -0.2) is 10.9 Å². The number of aromatic nitrogens is 1. The van der Waals surface area contributed by atoms with Crippen LogP contribution in [-0.2, 0) is 0 Å². The minimum Gasteiger partial charge on any atom is -0.307 e. The van der Waals surface area contributed by atoms with Crippen LogP contribution in [0.5, 0.6) is 0 Å². The molecule has 1 N–H and O–H groups in total. The van der Waals surface area contributed by atoms with Gasteiger partial charge in [-0.05, 0) is 31.2 Å². The fraction of sp³-hybridized carbons (Fsp3) is 0.0769. The van der Waals surface area contributed by atoms with Gasteiger partial charge in [0.1, 0.15) is 5.82 Å². The van der Waals surface area contributed by atoms with Gasteiger partial charge in [0.05, 0.1) is 0 Å². The average molecular weight is 212 g/mol. The third-order valence-electron chi connectivity index (χ3n) is 2.22. The fourth-order valence-electron chi connectivity index (χ4n) is 1.33. The molecule has 0 saturated heterocycles. The van der Waals surface area contributed by atoms with Gasteiger partial charge in [-0.1, -0.05) is 23.8 Å². The Labute approximate surface area is 94.1 Å². The highest BCUT2D eigenvalue weighted by Gasteiger charge is 2.05. The summed E-state index contributed by atoms with van der Waals surface area (Å²) in [6.07, 6.45) is 1.64. The Kier molecular flexibility index (Phi) is 2.96. The molecule has 3 nitrogen and oxygen atoms in total. The van der Waals surface area contributed by atoms with E-state index in [1.165, 1.54) is 0 Å². The van der Waals surface area contributed by atoms with E-state index in [2.05, 4.69) is 10.3 Å². The number of rotatable bonds is 2. The van der Waals surface area contributed by atoms with Crippen molar-refractivity contribution in [1.82, 2.24) is 4.98 Å². The predicted octanol–water partition coefficient (Wildman–Crippen LogP) is 2.64. The molecule has 1 heterocycles. The number of amides is 1. The van der Waals surface area contributed by atoms with Gasteiger partial charge in [0.2, 0.25) is 0 Å². The second-order valence-corrected chi connectivity index (χ2v) is 3.54. The minimum atomic E-state index is -0.140. The van der Waals surface area contributed by atoms with Gasteiger partial charge in [-0.2, -0.15) is 0 Å². The van der Waals surface area contributed by atoms with Crippen LogP contribution in [0.3, 0.4) is 0 Å². The molecule has 1 aromatic heterocycles. The van der Waals surface area contributed by atoms with Crippen molar-refractivity contribution in [1.29, 1.82) is 0 Å². The van der Waals surface area contributed by atoms with Gasteiger partial charge in [-0.15, -0.1) is 0 Å². The molecule has 0 bridgehead atoms. The molecule has 0 atom stereocenters. The summed E-state index contributed by atoms with van der Waals surface area (Å²) in [7, 11) is 0. The van der Waals surface area contributed by atoms with Gasteiger partial charge in [0.25, 0.3) is 5.91 Å². The second kappa shape index (κ2) is 4.57. The number of anilines is 1. The first-order valence-electron chi connectivity index (χ1n) is 5.05. The Morgan fingerprint density at radius 2 is 1.88 bits per heavy atom. The molecular weight excluding hydrogens is 200 g/mol. The predicted molar refractivity (Wildman–Crippen MR) is 63.4 cm³/mol. The van der Waals surface area contributed by atoms with E-state index in [1.807, 2.05) is 31.2 Å². The Morgan fingerprint density at radius 3 is 2.50 bits per heavy atom.